The number of fused-ring (bicyclic) bond motifs is 1. The van der Waals surface area contributed by atoms with Crippen LogP contribution in [-0.4, -0.2) is 4.98 Å². The van der Waals surface area contributed by atoms with Crippen molar-refractivity contribution in [2.75, 3.05) is 0 Å². The third-order valence-electron chi connectivity index (χ3n) is 2.27. The van der Waals surface area contributed by atoms with Crippen LogP contribution in [0.2, 0.25) is 0 Å². The third kappa shape index (κ3) is 2.04. The topological polar surface area (TPSA) is 12.9 Å². The summed E-state index contributed by atoms with van der Waals surface area (Å²) < 4.78 is 38.3. The molecule has 1 aromatic heterocycles. The first-order valence-electron chi connectivity index (χ1n) is 4.52. The summed E-state index contributed by atoms with van der Waals surface area (Å²) in [6, 6.07) is 6.07. The van der Waals surface area contributed by atoms with Gasteiger partial charge in [0.05, 0.1) is 5.52 Å². The minimum absolute atomic E-state index is 0.357. The highest BCUT2D eigenvalue weighted by molar-refractivity contribution is 9.10. The summed E-state index contributed by atoms with van der Waals surface area (Å²) in [6.45, 7) is 1.64. The molecule has 0 saturated heterocycles. The summed E-state index contributed by atoms with van der Waals surface area (Å²) in [5.74, 6) is 0. The Bertz CT molecular complexity index is 549. The van der Waals surface area contributed by atoms with Crippen molar-refractivity contribution >= 4 is 26.8 Å². The molecular weight excluding hydrogens is 283 g/mol. The van der Waals surface area contributed by atoms with Crippen LogP contribution in [0, 0.1) is 6.92 Å². The second kappa shape index (κ2) is 3.73. The Kier molecular flexibility index (Phi) is 2.66. The Labute approximate surface area is 98.4 Å². The van der Waals surface area contributed by atoms with Gasteiger partial charge in [-0.3, -0.25) is 0 Å². The average molecular weight is 290 g/mol. The first kappa shape index (κ1) is 11.4. The molecule has 0 saturated carbocycles. The van der Waals surface area contributed by atoms with E-state index in [1.54, 1.807) is 25.1 Å². The van der Waals surface area contributed by atoms with Crippen LogP contribution in [0.1, 0.15) is 11.3 Å². The molecule has 84 valence electrons. The largest absolute Gasteiger partial charge is 0.433 e. The van der Waals surface area contributed by atoms with Crippen molar-refractivity contribution in [1.82, 2.24) is 4.98 Å². The van der Waals surface area contributed by atoms with Gasteiger partial charge in [0.25, 0.3) is 0 Å². The van der Waals surface area contributed by atoms with Gasteiger partial charge in [-0.05, 0) is 36.8 Å². The van der Waals surface area contributed by atoms with Gasteiger partial charge >= 0.3 is 6.18 Å². The number of rotatable bonds is 0. The van der Waals surface area contributed by atoms with E-state index >= 15 is 0 Å². The second-order valence-electron chi connectivity index (χ2n) is 3.48. The summed E-state index contributed by atoms with van der Waals surface area (Å²) in [5, 5.41) is 0.724. The molecule has 0 spiro atoms. The van der Waals surface area contributed by atoms with Gasteiger partial charge in [0.15, 0.2) is 0 Å². The summed E-state index contributed by atoms with van der Waals surface area (Å²) >= 11 is 3.27. The maximum absolute atomic E-state index is 12.5. The molecule has 0 aliphatic heterocycles. The molecule has 0 amide bonds. The smallest absolute Gasteiger partial charge is 0.243 e. The van der Waals surface area contributed by atoms with Crippen LogP contribution in [0.3, 0.4) is 0 Å². The maximum Gasteiger partial charge on any atom is 0.433 e. The predicted molar refractivity (Wildman–Crippen MR) is 59.2 cm³/mol. The monoisotopic (exact) mass is 289 g/mol. The number of hydrogen-bond acceptors (Lipinski definition) is 1. The molecule has 1 aromatic carbocycles. The first-order valence-corrected chi connectivity index (χ1v) is 5.31. The summed E-state index contributed by atoms with van der Waals surface area (Å²) in [4.78, 5) is 3.60. The second-order valence-corrected chi connectivity index (χ2v) is 4.40. The zero-order valence-corrected chi connectivity index (χ0v) is 9.85. The fraction of sp³-hybridized carbons (Fsp3) is 0.182. The SMILES string of the molecule is Cc1cc(C(F)(F)F)nc2ccc(Br)cc12. The number of hydrogen-bond donors (Lipinski definition) is 0. The van der Waals surface area contributed by atoms with E-state index in [-0.39, 0.29) is 0 Å². The fourth-order valence-electron chi connectivity index (χ4n) is 1.51. The van der Waals surface area contributed by atoms with Crippen molar-refractivity contribution < 1.29 is 13.2 Å². The van der Waals surface area contributed by atoms with Crippen LogP contribution in [0.5, 0.6) is 0 Å². The Hall–Kier alpha value is -1.10. The molecule has 0 aliphatic rings. The highest BCUT2D eigenvalue weighted by Gasteiger charge is 2.32. The predicted octanol–water partition coefficient (Wildman–Crippen LogP) is 4.32. The van der Waals surface area contributed by atoms with E-state index in [1.165, 1.54) is 0 Å². The third-order valence-corrected chi connectivity index (χ3v) is 2.76. The van der Waals surface area contributed by atoms with Gasteiger partial charge in [0.1, 0.15) is 5.69 Å². The van der Waals surface area contributed by atoms with Crippen molar-refractivity contribution in [2.24, 2.45) is 0 Å². The van der Waals surface area contributed by atoms with Crippen LogP contribution < -0.4 is 0 Å². The molecule has 5 heteroatoms. The molecule has 0 fully saturated rings. The highest BCUT2D eigenvalue weighted by Crippen LogP contribution is 2.31. The van der Waals surface area contributed by atoms with E-state index in [9.17, 15) is 13.2 Å². The lowest BCUT2D eigenvalue weighted by atomic mass is 10.1. The highest BCUT2D eigenvalue weighted by atomic mass is 79.9. The summed E-state index contributed by atoms with van der Waals surface area (Å²) in [6.07, 6.45) is -4.40. The Morgan fingerprint density at radius 1 is 1.19 bits per heavy atom. The van der Waals surface area contributed by atoms with Gasteiger partial charge in [-0.2, -0.15) is 13.2 Å². The van der Waals surface area contributed by atoms with Crippen molar-refractivity contribution in [3.05, 3.63) is 40.0 Å². The molecule has 0 unspecified atom stereocenters. The lowest BCUT2D eigenvalue weighted by Crippen LogP contribution is -2.08. The number of nitrogens with zero attached hydrogens (tertiary/aromatic N) is 1. The van der Waals surface area contributed by atoms with Crippen LogP contribution in [0.15, 0.2) is 28.7 Å². The Morgan fingerprint density at radius 3 is 2.50 bits per heavy atom. The molecule has 0 aliphatic carbocycles. The first-order chi connectivity index (χ1) is 7.38. The Morgan fingerprint density at radius 2 is 1.88 bits per heavy atom. The number of pyridine rings is 1. The average Bonchev–Trinajstić information content (AvgIpc) is 2.17. The lowest BCUT2D eigenvalue weighted by molar-refractivity contribution is -0.141. The molecule has 0 N–H and O–H groups in total. The van der Waals surface area contributed by atoms with Gasteiger partial charge in [-0.25, -0.2) is 4.98 Å². The zero-order chi connectivity index (χ0) is 11.9. The maximum atomic E-state index is 12.5. The number of aryl methyl sites for hydroxylation is 1. The number of aromatic nitrogens is 1. The summed E-state index contributed by atoms with van der Waals surface area (Å²) in [5.41, 5.74) is 0.0778. The van der Waals surface area contributed by atoms with Crippen LogP contribution >= 0.6 is 15.9 Å². The van der Waals surface area contributed by atoms with Gasteiger partial charge in [-0.15, -0.1) is 0 Å². The minimum atomic E-state index is -4.40. The van der Waals surface area contributed by atoms with Crippen LogP contribution in [0.4, 0.5) is 13.2 Å². The molecule has 0 bridgehead atoms. The van der Waals surface area contributed by atoms with E-state index in [0.717, 1.165) is 15.9 Å². The molecule has 2 rings (SSSR count). The van der Waals surface area contributed by atoms with Gasteiger partial charge in [-0.1, -0.05) is 15.9 Å². The molecular formula is C11H7BrF3N. The van der Waals surface area contributed by atoms with Gasteiger partial charge in [0.2, 0.25) is 0 Å². The van der Waals surface area contributed by atoms with Crippen molar-refractivity contribution in [2.45, 2.75) is 13.1 Å². The van der Waals surface area contributed by atoms with Crippen molar-refractivity contribution in [3.8, 4) is 0 Å². The number of halogens is 4. The zero-order valence-electron chi connectivity index (χ0n) is 8.27. The molecule has 16 heavy (non-hydrogen) atoms. The van der Waals surface area contributed by atoms with E-state index in [4.69, 9.17) is 0 Å². The van der Waals surface area contributed by atoms with E-state index in [0.29, 0.717) is 11.1 Å². The standard InChI is InChI=1S/C11H7BrF3N/c1-6-4-10(11(13,14)15)16-9-3-2-7(12)5-8(6)9/h2-5H,1H3. The Balaban J connectivity index is 2.74. The van der Waals surface area contributed by atoms with Crippen molar-refractivity contribution in [3.63, 3.8) is 0 Å². The van der Waals surface area contributed by atoms with E-state index in [1.807, 2.05) is 0 Å². The lowest BCUT2D eigenvalue weighted by Gasteiger charge is -2.09. The van der Waals surface area contributed by atoms with Gasteiger partial charge < -0.3 is 0 Å². The van der Waals surface area contributed by atoms with Crippen LogP contribution in [0.25, 0.3) is 10.9 Å². The van der Waals surface area contributed by atoms with Crippen LogP contribution in [-0.2, 0) is 6.18 Å². The number of benzene rings is 1. The molecule has 1 nitrogen and oxygen atoms in total. The molecule has 0 radical (unpaired) electrons. The van der Waals surface area contributed by atoms with E-state index in [2.05, 4.69) is 20.9 Å². The summed E-state index contributed by atoms with van der Waals surface area (Å²) in [7, 11) is 0. The molecule has 2 aromatic rings. The fourth-order valence-corrected chi connectivity index (χ4v) is 1.87. The van der Waals surface area contributed by atoms with Gasteiger partial charge in [0, 0.05) is 9.86 Å². The molecule has 1 heterocycles. The molecule has 0 atom stereocenters. The minimum Gasteiger partial charge on any atom is -0.243 e. The van der Waals surface area contributed by atoms with E-state index < -0.39 is 11.9 Å². The quantitative estimate of drug-likeness (QED) is 0.704. The number of alkyl halides is 3. The van der Waals surface area contributed by atoms with Crippen molar-refractivity contribution in [1.29, 1.82) is 0 Å². The normalized spacial score (nSPS) is 12.1.